The van der Waals surface area contributed by atoms with E-state index in [0.29, 0.717) is 5.56 Å². The van der Waals surface area contributed by atoms with E-state index in [1.165, 1.54) is 11.1 Å². The van der Waals surface area contributed by atoms with Crippen LogP contribution in [0.4, 0.5) is 5.69 Å². The third kappa shape index (κ3) is 2.57. The first-order valence-electron chi connectivity index (χ1n) is 6.72. The fraction of sp³-hybridized carbons (Fsp3) is 0.294. The maximum Gasteiger partial charge on any atom is 0.124 e. The van der Waals surface area contributed by atoms with Gasteiger partial charge >= 0.3 is 0 Å². The molecule has 0 amide bonds. The van der Waals surface area contributed by atoms with E-state index in [2.05, 4.69) is 36.9 Å². The Balaban J connectivity index is 2.40. The first-order valence-corrected chi connectivity index (χ1v) is 6.72. The van der Waals surface area contributed by atoms with Crippen LogP contribution in [-0.2, 0) is 0 Å². The molecule has 0 saturated heterocycles. The van der Waals surface area contributed by atoms with Gasteiger partial charge in [0.05, 0.1) is 11.6 Å². The van der Waals surface area contributed by atoms with Gasteiger partial charge in [0.1, 0.15) is 11.5 Å². The van der Waals surface area contributed by atoms with Crippen LogP contribution < -0.4 is 4.90 Å². The van der Waals surface area contributed by atoms with Gasteiger partial charge in [-0.25, -0.2) is 0 Å². The van der Waals surface area contributed by atoms with Crippen molar-refractivity contribution in [2.75, 3.05) is 11.9 Å². The Kier molecular flexibility index (Phi) is 3.89. The molecule has 3 heteroatoms. The summed E-state index contributed by atoms with van der Waals surface area (Å²) in [7, 11) is 1.97. The second-order valence-corrected chi connectivity index (χ2v) is 5.29. The summed E-state index contributed by atoms with van der Waals surface area (Å²) in [5.41, 5.74) is 4.03. The molecule has 0 aliphatic carbocycles. The van der Waals surface area contributed by atoms with Gasteiger partial charge in [-0.3, -0.25) is 0 Å². The summed E-state index contributed by atoms with van der Waals surface area (Å²) in [6.07, 6.45) is 0. The van der Waals surface area contributed by atoms with Crippen molar-refractivity contribution in [2.24, 2.45) is 0 Å². The Morgan fingerprint density at radius 3 is 2.15 bits per heavy atom. The Hall–Kier alpha value is -2.16. The van der Waals surface area contributed by atoms with Crippen LogP contribution in [0.25, 0.3) is 0 Å². The molecule has 2 rings (SSSR count). The molecular formula is C17H21NO2. The molecule has 0 bridgehead atoms. The third-order valence-electron chi connectivity index (χ3n) is 3.79. The Morgan fingerprint density at radius 1 is 1.00 bits per heavy atom. The molecule has 0 saturated carbocycles. The van der Waals surface area contributed by atoms with Crippen molar-refractivity contribution in [3.63, 3.8) is 0 Å². The van der Waals surface area contributed by atoms with Crippen molar-refractivity contribution in [3.8, 4) is 11.5 Å². The SMILES string of the molecule is Cc1ccc(N(C)C(C)c2c(O)cccc2O)c(C)c1. The summed E-state index contributed by atoms with van der Waals surface area (Å²) < 4.78 is 0. The van der Waals surface area contributed by atoms with Crippen LogP contribution in [0.2, 0.25) is 0 Å². The number of rotatable bonds is 3. The summed E-state index contributed by atoms with van der Waals surface area (Å²) in [6, 6.07) is 11.0. The topological polar surface area (TPSA) is 43.7 Å². The highest BCUT2D eigenvalue weighted by Gasteiger charge is 2.20. The molecular weight excluding hydrogens is 250 g/mol. The Morgan fingerprint density at radius 2 is 1.60 bits per heavy atom. The quantitative estimate of drug-likeness (QED) is 0.889. The molecule has 1 atom stereocenters. The number of nitrogens with zero attached hydrogens (tertiary/aromatic N) is 1. The molecule has 0 spiro atoms. The molecule has 0 fully saturated rings. The summed E-state index contributed by atoms with van der Waals surface area (Å²) in [6.45, 7) is 6.10. The van der Waals surface area contributed by atoms with Gasteiger partial charge in [0.25, 0.3) is 0 Å². The predicted octanol–water partition coefficient (Wildman–Crippen LogP) is 3.91. The standard InChI is InChI=1S/C17H21NO2/c1-11-8-9-14(12(2)10-11)18(4)13(3)17-15(19)6-5-7-16(17)20/h5-10,13,19-20H,1-4H3. The molecule has 1 unspecified atom stereocenters. The van der Waals surface area contributed by atoms with Crippen molar-refractivity contribution in [2.45, 2.75) is 26.8 Å². The van der Waals surface area contributed by atoms with E-state index in [0.717, 1.165) is 5.69 Å². The minimum Gasteiger partial charge on any atom is -0.507 e. The van der Waals surface area contributed by atoms with E-state index in [-0.39, 0.29) is 17.5 Å². The minimum absolute atomic E-state index is 0.120. The lowest BCUT2D eigenvalue weighted by Gasteiger charge is -2.29. The molecule has 0 heterocycles. The van der Waals surface area contributed by atoms with Crippen LogP contribution in [-0.4, -0.2) is 17.3 Å². The zero-order valence-electron chi connectivity index (χ0n) is 12.4. The fourth-order valence-electron chi connectivity index (χ4n) is 2.57. The van der Waals surface area contributed by atoms with Crippen molar-refractivity contribution >= 4 is 5.69 Å². The first-order chi connectivity index (χ1) is 9.41. The van der Waals surface area contributed by atoms with Gasteiger partial charge in [-0.2, -0.15) is 0 Å². The highest BCUT2D eigenvalue weighted by molar-refractivity contribution is 5.57. The van der Waals surface area contributed by atoms with E-state index in [1.807, 2.05) is 14.0 Å². The van der Waals surface area contributed by atoms with Crippen molar-refractivity contribution < 1.29 is 10.2 Å². The molecule has 3 nitrogen and oxygen atoms in total. The average Bonchev–Trinajstić information content (AvgIpc) is 2.37. The lowest BCUT2D eigenvalue weighted by atomic mass is 10.0. The first kappa shape index (κ1) is 14.3. The van der Waals surface area contributed by atoms with Crippen LogP contribution >= 0.6 is 0 Å². The van der Waals surface area contributed by atoms with Gasteiger partial charge in [0, 0.05) is 12.7 Å². The maximum atomic E-state index is 9.98. The van der Waals surface area contributed by atoms with E-state index in [1.54, 1.807) is 18.2 Å². The fourth-order valence-corrected chi connectivity index (χ4v) is 2.57. The lowest BCUT2D eigenvalue weighted by molar-refractivity contribution is 0.430. The second kappa shape index (κ2) is 5.45. The summed E-state index contributed by atoms with van der Waals surface area (Å²) in [5.74, 6) is 0.239. The van der Waals surface area contributed by atoms with Gasteiger partial charge in [0.2, 0.25) is 0 Å². The third-order valence-corrected chi connectivity index (χ3v) is 3.79. The molecule has 0 aromatic heterocycles. The van der Waals surface area contributed by atoms with Crippen LogP contribution in [0.1, 0.15) is 29.7 Å². The predicted molar refractivity (Wildman–Crippen MR) is 82.5 cm³/mol. The number of hydrogen-bond donors (Lipinski definition) is 2. The highest BCUT2D eigenvalue weighted by Crippen LogP contribution is 2.37. The zero-order chi connectivity index (χ0) is 14.9. The van der Waals surface area contributed by atoms with Crippen molar-refractivity contribution in [1.82, 2.24) is 0 Å². The van der Waals surface area contributed by atoms with Crippen LogP contribution in [0.15, 0.2) is 36.4 Å². The minimum atomic E-state index is -0.127. The van der Waals surface area contributed by atoms with Crippen LogP contribution in [0.3, 0.4) is 0 Å². The molecule has 2 aromatic rings. The van der Waals surface area contributed by atoms with E-state index < -0.39 is 0 Å². The Bertz CT molecular complexity index is 602. The number of anilines is 1. The number of benzene rings is 2. The number of aromatic hydroxyl groups is 2. The van der Waals surface area contributed by atoms with E-state index in [9.17, 15) is 10.2 Å². The molecule has 0 aliphatic heterocycles. The summed E-state index contributed by atoms with van der Waals surface area (Å²) in [5, 5.41) is 20.0. The number of aryl methyl sites for hydroxylation is 2. The Labute approximate surface area is 120 Å². The van der Waals surface area contributed by atoms with Crippen LogP contribution in [0, 0.1) is 13.8 Å². The molecule has 0 radical (unpaired) electrons. The molecule has 106 valence electrons. The number of hydrogen-bond acceptors (Lipinski definition) is 3. The largest absolute Gasteiger partial charge is 0.507 e. The van der Waals surface area contributed by atoms with Crippen molar-refractivity contribution in [3.05, 3.63) is 53.1 Å². The van der Waals surface area contributed by atoms with Gasteiger partial charge in [-0.05, 0) is 44.5 Å². The van der Waals surface area contributed by atoms with Gasteiger partial charge in [0.15, 0.2) is 0 Å². The molecule has 2 N–H and O–H groups in total. The van der Waals surface area contributed by atoms with Crippen molar-refractivity contribution in [1.29, 1.82) is 0 Å². The summed E-state index contributed by atoms with van der Waals surface area (Å²) >= 11 is 0. The average molecular weight is 271 g/mol. The lowest BCUT2D eigenvalue weighted by Crippen LogP contribution is -2.22. The van der Waals surface area contributed by atoms with Gasteiger partial charge < -0.3 is 15.1 Å². The number of phenolic OH excluding ortho intramolecular Hbond substituents is 2. The molecule has 2 aromatic carbocycles. The van der Waals surface area contributed by atoms with E-state index in [4.69, 9.17) is 0 Å². The van der Waals surface area contributed by atoms with E-state index >= 15 is 0 Å². The smallest absolute Gasteiger partial charge is 0.124 e. The highest BCUT2D eigenvalue weighted by atomic mass is 16.3. The number of phenols is 2. The van der Waals surface area contributed by atoms with Crippen LogP contribution in [0.5, 0.6) is 11.5 Å². The van der Waals surface area contributed by atoms with Gasteiger partial charge in [-0.1, -0.05) is 23.8 Å². The second-order valence-electron chi connectivity index (χ2n) is 5.29. The normalized spacial score (nSPS) is 12.2. The monoisotopic (exact) mass is 271 g/mol. The zero-order valence-corrected chi connectivity index (χ0v) is 12.4. The molecule has 20 heavy (non-hydrogen) atoms. The summed E-state index contributed by atoms with van der Waals surface area (Å²) in [4.78, 5) is 2.06. The van der Waals surface area contributed by atoms with Gasteiger partial charge in [-0.15, -0.1) is 0 Å². The maximum absolute atomic E-state index is 9.98. The molecule has 0 aliphatic rings.